The molecule has 6 nitrogen and oxygen atoms in total. The van der Waals surface area contributed by atoms with Crippen molar-refractivity contribution in [3.63, 3.8) is 0 Å². The summed E-state index contributed by atoms with van der Waals surface area (Å²) < 4.78 is 1.95. The van der Waals surface area contributed by atoms with Crippen LogP contribution in [0.3, 0.4) is 0 Å². The smallest absolute Gasteiger partial charge is 0.313 e. The minimum absolute atomic E-state index is 0.0308. The van der Waals surface area contributed by atoms with Gasteiger partial charge in [-0.3, -0.25) is 14.3 Å². The van der Waals surface area contributed by atoms with Crippen molar-refractivity contribution in [1.82, 2.24) is 19.7 Å². The van der Waals surface area contributed by atoms with Gasteiger partial charge < -0.3 is 5.11 Å². The third kappa shape index (κ3) is 3.13. The molecule has 2 rings (SSSR count). The SMILES string of the molecule is CC(C)(C)n1c(SCC(=O)O)nnc1-c1cncs1. The van der Waals surface area contributed by atoms with Gasteiger partial charge in [0, 0.05) is 11.7 Å². The van der Waals surface area contributed by atoms with Crippen molar-refractivity contribution in [2.45, 2.75) is 31.5 Å². The van der Waals surface area contributed by atoms with E-state index in [1.165, 1.54) is 23.1 Å². The molecule has 0 spiro atoms. The molecule has 0 bridgehead atoms. The van der Waals surface area contributed by atoms with Gasteiger partial charge in [-0.15, -0.1) is 21.5 Å². The van der Waals surface area contributed by atoms with Gasteiger partial charge in [0.25, 0.3) is 0 Å². The quantitative estimate of drug-likeness (QED) is 0.873. The van der Waals surface area contributed by atoms with Crippen molar-refractivity contribution in [3.05, 3.63) is 11.7 Å². The van der Waals surface area contributed by atoms with Crippen LogP contribution in [0.25, 0.3) is 10.7 Å². The van der Waals surface area contributed by atoms with E-state index < -0.39 is 5.97 Å². The van der Waals surface area contributed by atoms with E-state index in [4.69, 9.17) is 5.11 Å². The number of hydrogen-bond donors (Lipinski definition) is 1. The van der Waals surface area contributed by atoms with Crippen LogP contribution in [0.2, 0.25) is 0 Å². The van der Waals surface area contributed by atoms with Gasteiger partial charge in [-0.2, -0.15) is 0 Å². The summed E-state index contributed by atoms with van der Waals surface area (Å²) in [7, 11) is 0. The van der Waals surface area contributed by atoms with Gasteiger partial charge in [0.05, 0.1) is 16.1 Å². The third-order valence-electron chi connectivity index (χ3n) is 2.28. The van der Waals surface area contributed by atoms with E-state index in [1.807, 2.05) is 25.3 Å². The molecule has 0 radical (unpaired) electrons. The van der Waals surface area contributed by atoms with Crippen LogP contribution in [-0.2, 0) is 10.3 Å². The predicted octanol–water partition coefficient (Wildman–Crippen LogP) is 2.33. The Morgan fingerprint density at radius 1 is 1.47 bits per heavy atom. The van der Waals surface area contributed by atoms with Crippen LogP contribution < -0.4 is 0 Å². The molecular weight excluding hydrogens is 284 g/mol. The maximum absolute atomic E-state index is 10.7. The number of carbonyl (C=O) groups is 1. The lowest BCUT2D eigenvalue weighted by molar-refractivity contribution is -0.133. The van der Waals surface area contributed by atoms with Crippen molar-refractivity contribution >= 4 is 29.1 Å². The Kier molecular flexibility index (Phi) is 3.91. The monoisotopic (exact) mass is 298 g/mol. The van der Waals surface area contributed by atoms with Gasteiger partial charge in [0.1, 0.15) is 0 Å². The largest absolute Gasteiger partial charge is 0.481 e. The van der Waals surface area contributed by atoms with Gasteiger partial charge in [-0.05, 0) is 20.8 Å². The van der Waals surface area contributed by atoms with Crippen LogP contribution in [0.15, 0.2) is 16.9 Å². The first kappa shape index (κ1) is 14.0. The molecule has 0 aliphatic rings. The summed E-state index contributed by atoms with van der Waals surface area (Å²) in [5, 5.41) is 17.7. The van der Waals surface area contributed by atoms with E-state index in [9.17, 15) is 4.79 Å². The molecule has 2 aromatic rings. The summed E-state index contributed by atoms with van der Waals surface area (Å²) in [6.45, 7) is 6.10. The minimum atomic E-state index is -0.868. The molecule has 0 saturated carbocycles. The summed E-state index contributed by atoms with van der Waals surface area (Å²) in [5.41, 5.74) is 1.50. The highest BCUT2D eigenvalue weighted by atomic mass is 32.2. The zero-order chi connectivity index (χ0) is 14.0. The minimum Gasteiger partial charge on any atom is -0.481 e. The molecule has 1 N–H and O–H groups in total. The van der Waals surface area contributed by atoms with E-state index in [0.717, 1.165) is 10.7 Å². The fourth-order valence-electron chi connectivity index (χ4n) is 1.58. The second-order valence-electron chi connectivity index (χ2n) is 4.86. The maximum atomic E-state index is 10.7. The first-order valence-corrected chi connectivity index (χ1v) is 7.45. The average molecular weight is 298 g/mol. The second-order valence-corrected chi connectivity index (χ2v) is 6.69. The number of thiazole rings is 1. The topological polar surface area (TPSA) is 80.9 Å². The van der Waals surface area contributed by atoms with E-state index in [2.05, 4.69) is 15.2 Å². The highest BCUT2D eigenvalue weighted by Crippen LogP contribution is 2.31. The Morgan fingerprint density at radius 2 is 2.21 bits per heavy atom. The number of carboxylic acid groups (broad SMARTS) is 1. The van der Waals surface area contributed by atoms with Crippen LogP contribution in [-0.4, -0.2) is 36.6 Å². The normalized spacial score (nSPS) is 11.7. The van der Waals surface area contributed by atoms with E-state index >= 15 is 0 Å². The molecule has 102 valence electrons. The van der Waals surface area contributed by atoms with Crippen LogP contribution in [0.5, 0.6) is 0 Å². The molecule has 0 aromatic carbocycles. The Bertz CT molecular complexity index is 572. The van der Waals surface area contributed by atoms with Crippen LogP contribution in [0, 0.1) is 0 Å². The first-order chi connectivity index (χ1) is 8.89. The predicted molar refractivity (Wildman–Crippen MR) is 74.5 cm³/mol. The Balaban J connectivity index is 2.43. The molecule has 19 heavy (non-hydrogen) atoms. The highest BCUT2D eigenvalue weighted by Gasteiger charge is 2.25. The molecular formula is C11H14N4O2S2. The summed E-state index contributed by atoms with van der Waals surface area (Å²) >= 11 is 2.66. The molecule has 0 unspecified atom stereocenters. The number of aromatic nitrogens is 4. The lowest BCUT2D eigenvalue weighted by Gasteiger charge is -2.24. The fourth-order valence-corrected chi connectivity index (χ4v) is 3.02. The van der Waals surface area contributed by atoms with Gasteiger partial charge in [-0.1, -0.05) is 11.8 Å². The molecule has 0 atom stereocenters. The zero-order valence-electron chi connectivity index (χ0n) is 10.8. The zero-order valence-corrected chi connectivity index (χ0v) is 12.5. The fraction of sp³-hybridized carbons (Fsp3) is 0.455. The molecule has 0 aliphatic carbocycles. The van der Waals surface area contributed by atoms with E-state index in [-0.39, 0.29) is 11.3 Å². The van der Waals surface area contributed by atoms with E-state index in [1.54, 1.807) is 11.7 Å². The summed E-state index contributed by atoms with van der Waals surface area (Å²) in [6, 6.07) is 0. The summed E-state index contributed by atoms with van der Waals surface area (Å²) in [6.07, 6.45) is 1.74. The van der Waals surface area contributed by atoms with E-state index in [0.29, 0.717) is 5.16 Å². The lowest BCUT2D eigenvalue weighted by Crippen LogP contribution is -2.23. The number of rotatable bonds is 4. The Hall–Kier alpha value is -1.41. The standard InChI is InChI=1S/C11H14N4O2S2/c1-11(2,3)15-9(7-4-12-6-19-7)13-14-10(15)18-5-8(16)17/h4,6H,5H2,1-3H3,(H,16,17). The lowest BCUT2D eigenvalue weighted by atomic mass is 10.1. The van der Waals surface area contributed by atoms with Gasteiger partial charge >= 0.3 is 5.97 Å². The second kappa shape index (κ2) is 5.30. The first-order valence-electron chi connectivity index (χ1n) is 5.59. The Labute approximate surface area is 118 Å². The van der Waals surface area contributed by atoms with Gasteiger partial charge in [0.2, 0.25) is 0 Å². The number of nitrogens with zero attached hydrogens (tertiary/aromatic N) is 4. The highest BCUT2D eigenvalue weighted by molar-refractivity contribution is 7.99. The average Bonchev–Trinajstić information content (AvgIpc) is 2.93. The van der Waals surface area contributed by atoms with Crippen molar-refractivity contribution < 1.29 is 9.90 Å². The molecule has 2 heterocycles. The van der Waals surface area contributed by atoms with Crippen molar-refractivity contribution in [2.75, 3.05) is 5.75 Å². The van der Waals surface area contributed by atoms with Crippen molar-refractivity contribution in [1.29, 1.82) is 0 Å². The molecule has 0 aliphatic heterocycles. The molecule has 2 aromatic heterocycles. The van der Waals surface area contributed by atoms with Crippen LogP contribution in [0.1, 0.15) is 20.8 Å². The third-order valence-corrected chi connectivity index (χ3v) is 3.96. The number of thioether (sulfide) groups is 1. The van der Waals surface area contributed by atoms with Gasteiger partial charge in [-0.25, -0.2) is 0 Å². The number of hydrogen-bond acceptors (Lipinski definition) is 6. The van der Waals surface area contributed by atoms with Gasteiger partial charge in [0.15, 0.2) is 11.0 Å². The Morgan fingerprint density at radius 3 is 2.74 bits per heavy atom. The van der Waals surface area contributed by atoms with Crippen LogP contribution >= 0.6 is 23.1 Å². The number of carboxylic acids is 1. The van der Waals surface area contributed by atoms with Crippen LogP contribution in [0.4, 0.5) is 0 Å². The molecule has 0 amide bonds. The molecule has 8 heteroatoms. The summed E-state index contributed by atoms with van der Waals surface area (Å²) in [5.74, 6) is -0.174. The van der Waals surface area contributed by atoms with Crippen molar-refractivity contribution in [2.24, 2.45) is 0 Å². The maximum Gasteiger partial charge on any atom is 0.313 e. The molecule has 0 fully saturated rings. The number of aliphatic carboxylic acids is 1. The molecule has 0 saturated heterocycles. The summed E-state index contributed by atoms with van der Waals surface area (Å²) in [4.78, 5) is 15.6. The van der Waals surface area contributed by atoms with Crippen molar-refractivity contribution in [3.8, 4) is 10.7 Å².